The number of rotatable bonds is 6. The van der Waals surface area contributed by atoms with Crippen LogP contribution in [0.4, 0.5) is 11.4 Å². The summed E-state index contributed by atoms with van der Waals surface area (Å²) in [4.78, 5) is 12.7. The fourth-order valence-electron chi connectivity index (χ4n) is 2.44. The number of anilines is 2. The molecule has 0 fully saturated rings. The molecule has 0 aliphatic rings. The van der Waals surface area contributed by atoms with Gasteiger partial charge in [-0.2, -0.15) is 0 Å². The summed E-state index contributed by atoms with van der Waals surface area (Å²) in [6.07, 6.45) is 1.03. The van der Waals surface area contributed by atoms with Crippen molar-refractivity contribution in [1.29, 1.82) is 0 Å². The van der Waals surface area contributed by atoms with Gasteiger partial charge < -0.3 is 10.1 Å². The summed E-state index contributed by atoms with van der Waals surface area (Å²) >= 11 is 11.9. The van der Waals surface area contributed by atoms with Crippen molar-refractivity contribution >= 4 is 50.5 Å². The second kappa shape index (κ2) is 8.16. The topological polar surface area (TPSA) is 75.7 Å². The highest BCUT2D eigenvalue weighted by Gasteiger charge is 2.29. The highest BCUT2D eigenvalue weighted by Crippen LogP contribution is 2.29. The van der Waals surface area contributed by atoms with E-state index >= 15 is 0 Å². The van der Waals surface area contributed by atoms with Crippen molar-refractivity contribution in [1.82, 2.24) is 0 Å². The molecule has 0 aliphatic carbocycles. The Morgan fingerprint density at radius 1 is 1.15 bits per heavy atom. The van der Waals surface area contributed by atoms with E-state index in [0.717, 1.165) is 10.6 Å². The Labute approximate surface area is 162 Å². The summed E-state index contributed by atoms with van der Waals surface area (Å²) in [5.41, 5.74) is 0.636. The summed E-state index contributed by atoms with van der Waals surface area (Å²) in [7, 11) is -2.28. The molecule has 0 heterocycles. The number of benzene rings is 2. The molecule has 2 aromatic rings. The molecule has 0 radical (unpaired) electrons. The molecule has 0 saturated heterocycles. The third kappa shape index (κ3) is 4.81. The van der Waals surface area contributed by atoms with Crippen LogP contribution < -0.4 is 14.4 Å². The van der Waals surface area contributed by atoms with Crippen LogP contribution in [-0.4, -0.2) is 33.7 Å². The van der Waals surface area contributed by atoms with Crippen molar-refractivity contribution in [3.8, 4) is 5.75 Å². The van der Waals surface area contributed by atoms with E-state index in [2.05, 4.69) is 5.32 Å². The Bertz CT molecular complexity index is 919. The highest BCUT2D eigenvalue weighted by atomic mass is 35.5. The minimum Gasteiger partial charge on any atom is -0.495 e. The third-order valence-corrected chi connectivity index (χ3v) is 5.28. The molecule has 2 aromatic carbocycles. The maximum absolute atomic E-state index is 12.7. The largest absolute Gasteiger partial charge is 0.495 e. The molecule has 0 saturated carbocycles. The first-order chi connectivity index (χ1) is 12.1. The molecule has 0 bridgehead atoms. The zero-order valence-corrected chi connectivity index (χ0v) is 16.7. The molecule has 26 heavy (non-hydrogen) atoms. The Morgan fingerprint density at radius 2 is 1.81 bits per heavy atom. The molecule has 1 N–H and O–H groups in total. The minimum absolute atomic E-state index is 0.292. The van der Waals surface area contributed by atoms with Gasteiger partial charge in [-0.3, -0.25) is 9.10 Å². The van der Waals surface area contributed by atoms with Crippen molar-refractivity contribution in [2.75, 3.05) is 23.0 Å². The van der Waals surface area contributed by atoms with Crippen LogP contribution in [0.2, 0.25) is 10.0 Å². The van der Waals surface area contributed by atoms with Crippen LogP contribution >= 0.6 is 23.2 Å². The van der Waals surface area contributed by atoms with Crippen LogP contribution in [0.1, 0.15) is 6.92 Å². The van der Waals surface area contributed by atoms with Gasteiger partial charge in [0.05, 0.1) is 24.7 Å². The normalized spacial score (nSPS) is 12.3. The second-order valence-corrected chi connectivity index (χ2v) is 8.28. The molecule has 0 aliphatic heterocycles. The van der Waals surface area contributed by atoms with Crippen LogP contribution in [0.25, 0.3) is 0 Å². The predicted octanol–water partition coefficient (Wildman–Crippen LogP) is 3.80. The molecule has 6 nitrogen and oxygen atoms in total. The molecule has 1 amide bonds. The van der Waals surface area contributed by atoms with E-state index in [-0.39, 0.29) is 0 Å². The van der Waals surface area contributed by atoms with Gasteiger partial charge >= 0.3 is 0 Å². The molecular weight excluding hydrogens is 399 g/mol. The van der Waals surface area contributed by atoms with Crippen LogP contribution in [0, 0.1) is 0 Å². The number of nitrogens with one attached hydrogen (secondary N) is 1. The zero-order valence-electron chi connectivity index (χ0n) is 14.4. The van der Waals surface area contributed by atoms with Gasteiger partial charge in [-0.25, -0.2) is 8.42 Å². The average Bonchev–Trinajstić information content (AvgIpc) is 2.54. The first-order valence-corrected chi connectivity index (χ1v) is 10.1. The summed E-state index contributed by atoms with van der Waals surface area (Å²) in [6, 6.07) is 9.99. The number of ether oxygens (including phenoxy) is 1. The van der Waals surface area contributed by atoms with Gasteiger partial charge in [-0.15, -0.1) is 0 Å². The van der Waals surface area contributed by atoms with E-state index in [1.807, 2.05) is 0 Å². The SMILES string of the molecule is COc1ccc(Cl)cc1NC(=O)[C@H](C)N(c1cccc(Cl)c1)S(C)(=O)=O. The van der Waals surface area contributed by atoms with Gasteiger partial charge in [-0.05, 0) is 43.3 Å². The monoisotopic (exact) mass is 416 g/mol. The van der Waals surface area contributed by atoms with E-state index < -0.39 is 22.0 Å². The van der Waals surface area contributed by atoms with Crippen molar-refractivity contribution in [2.45, 2.75) is 13.0 Å². The Morgan fingerprint density at radius 3 is 2.38 bits per heavy atom. The lowest BCUT2D eigenvalue weighted by molar-refractivity contribution is -0.116. The smallest absolute Gasteiger partial charge is 0.248 e. The number of hydrogen-bond donors (Lipinski definition) is 1. The number of carbonyl (C=O) groups excluding carboxylic acids is 1. The number of sulfonamides is 1. The van der Waals surface area contributed by atoms with Gasteiger partial charge in [0, 0.05) is 10.0 Å². The lowest BCUT2D eigenvalue weighted by Crippen LogP contribution is -2.45. The van der Waals surface area contributed by atoms with E-state index in [1.165, 1.54) is 26.2 Å². The van der Waals surface area contributed by atoms with E-state index in [1.54, 1.807) is 30.3 Å². The molecular formula is C17H18Cl2N2O4S. The quantitative estimate of drug-likeness (QED) is 0.776. The maximum Gasteiger partial charge on any atom is 0.248 e. The fraction of sp³-hybridized carbons (Fsp3) is 0.235. The highest BCUT2D eigenvalue weighted by molar-refractivity contribution is 7.92. The molecule has 2 rings (SSSR count). The number of halogens is 2. The lowest BCUT2D eigenvalue weighted by atomic mass is 10.2. The Balaban J connectivity index is 2.36. The van der Waals surface area contributed by atoms with Gasteiger partial charge in [-0.1, -0.05) is 29.3 Å². The summed E-state index contributed by atoms with van der Waals surface area (Å²) in [6.45, 7) is 1.48. The van der Waals surface area contributed by atoms with Crippen molar-refractivity contribution < 1.29 is 17.9 Å². The predicted molar refractivity (Wildman–Crippen MR) is 105 cm³/mol. The van der Waals surface area contributed by atoms with E-state index in [0.29, 0.717) is 27.2 Å². The minimum atomic E-state index is -3.74. The molecule has 0 unspecified atom stereocenters. The van der Waals surface area contributed by atoms with Crippen molar-refractivity contribution in [3.63, 3.8) is 0 Å². The van der Waals surface area contributed by atoms with E-state index in [4.69, 9.17) is 27.9 Å². The van der Waals surface area contributed by atoms with E-state index in [9.17, 15) is 13.2 Å². The third-order valence-electron chi connectivity index (χ3n) is 3.57. The first kappa shape index (κ1) is 20.4. The molecule has 9 heteroatoms. The summed E-state index contributed by atoms with van der Waals surface area (Å²) in [5, 5.41) is 3.42. The van der Waals surface area contributed by atoms with Gasteiger partial charge in [0.1, 0.15) is 11.8 Å². The van der Waals surface area contributed by atoms with Crippen LogP contribution in [0.3, 0.4) is 0 Å². The standard InChI is InChI=1S/C17H18Cl2N2O4S/c1-11(17(22)20-15-10-13(19)7-8-16(15)25-2)21(26(3,23)24)14-6-4-5-12(18)9-14/h4-11H,1-3H3,(H,20,22)/t11-/m0/s1. The maximum atomic E-state index is 12.7. The zero-order chi connectivity index (χ0) is 19.5. The van der Waals surface area contributed by atoms with Gasteiger partial charge in [0.2, 0.25) is 15.9 Å². The lowest BCUT2D eigenvalue weighted by Gasteiger charge is -2.28. The fourth-order valence-corrected chi connectivity index (χ4v) is 3.96. The average molecular weight is 417 g/mol. The Hall–Kier alpha value is -1.96. The number of carbonyl (C=O) groups is 1. The number of methoxy groups -OCH3 is 1. The van der Waals surface area contributed by atoms with Crippen LogP contribution in [-0.2, 0) is 14.8 Å². The van der Waals surface area contributed by atoms with Crippen molar-refractivity contribution in [2.24, 2.45) is 0 Å². The van der Waals surface area contributed by atoms with Gasteiger partial charge in [0.15, 0.2) is 0 Å². The molecule has 0 spiro atoms. The van der Waals surface area contributed by atoms with Gasteiger partial charge in [0.25, 0.3) is 0 Å². The van der Waals surface area contributed by atoms with Crippen molar-refractivity contribution in [3.05, 3.63) is 52.5 Å². The molecule has 0 aromatic heterocycles. The first-order valence-electron chi connectivity index (χ1n) is 7.53. The number of hydrogen-bond acceptors (Lipinski definition) is 4. The Kier molecular flexibility index (Phi) is 6.39. The summed E-state index contributed by atoms with van der Waals surface area (Å²) < 4.78 is 30.7. The van der Waals surface area contributed by atoms with Crippen LogP contribution in [0.5, 0.6) is 5.75 Å². The molecule has 1 atom stereocenters. The molecule has 140 valence electrons. The number of nitrogens with zero attached hydrogens (tertiary/aromatic N) is 1. The van der Waals surface area contributed by atoms with Crippen LogP contribution in [0.15, 0.2) is 42.5 Å². The number of amides is 1. The second-order valence-electron chi connectivity index (χ2n) is 5.55. The summed E-state index contributed by atoms with van der Waals surface area (Å²) in [5.74, 6) is -0.139.